The zero-order chi connectivity index (χ0) is 15.4. The molecule has 1 amide bonds. The molecule has 0 saturated carbocycles. The van der Waals surface area contributed by atoms with Gasteiger partial charge in [-0.25, -0.2) is 4.39 Å². The number of rotatable bonds is 4. The SMILES string of the molecule is O=C(CNc1c(Cl)cc(F)cc1Br)Nc1cccc(Cl)c1. The molecule has 0 unspecified atom stereocenters. The second-order valence-electron chi connectivity index (χ2n) is 4.16. The Balaban J connectivity index is 1.99. The number of amides is 1. The van der Waals surface area contributed by atoms with Crippen LogP contribution < -0.4 is 10.6 Å². The minimum absolute atomic E-state index is 0.0174. The molecule has 0 aliphatic heterocycles. The molecule has 0 radical (unpaired) electrons. The van der Waals surface area contributed by atoms with E-state index in [1.807, 2.05) is 0 Å². The van der Waals surface area contributed by atoms with Gasteiger partial charge in [-0.15, -0.1) is 0 Å². The molecule has 2 aromatic carbocycles. The molecule has 2 rings (SSSR count). The normalized spacial score (nSPS) is 10.3. The maximum absolute atomic E-state index is 13.1. The molecule has 0 saturated heterocycles. The van der Waals surface area contributed by atoms with Gasteiger partial charge in [-0.05, 0) is 46.3 Å². The average molecular weight is 392 g/mol. The molecule has 0 spiro atoms. The lowest BCUT2D eigenvalue weighted by molar-refractivity contribution is -0.114. The topological polar surface area (TPSA) is 41.1 Å². The summed E-state index contributed by atoms with van der Waals surface area (Å²) in [5.41, 5.74) is 1.05. The van der Waals surface area contributed by atoms with Crippen molar-refractivity contribution < 1.29 is 9.18 Å². The molecule has 0 aliphatic carbocycles. The number of carbonyl (C=O) groups is 1. The van der Waals surface area contributed by atoms with Gasteiger partial charge in [0.05, 0.1) is 17.3 Å². The van der Waals surface area contributed by atoms with Gasteiger partial charge in [0.1, 0.15) is 5.82 Å². The summed E-state index contributed by atoms with van der Waals surface area (Å²) in [5, 5.41) is 6.26. The Hall–Kier alpha value is -1.30. The van der Waals surface area contributed by atoms with Gasteiger partial charge in [-0.1, -0.05) is 29.3 Å². The van der Waals surface area contributed by atoms with Gasteiger partial charge in [0.2, 0.25) is 5.91 Å². The van der Waals surface area contributed by atoms with E-state index in [9.17, 15) is 9.18 Å². The van der Waals surface area contributed by atoms with Crippen LogP contribution in [-0.4, -0.2) is 12.5 Å². The van der Waals surface area contributed by atoms with Crippen molar-refractivity contribution in [2.24, 2.45) is 0 Å². The summed E-state index contributed by atoms with van der Waals surface area (Å²) in [6.45, 7) is -0.0174. The number of carbonyl (C=O) groups excluding carboxylic acids is 1. The van der Waals surface area contributed by atoms with Crippen LogP contribution in [0.15, 0.2) is 40.9 Å². The summed E-state index contributed by atoms with van der Waals surface area (Å²) in [7, 11) is 0. The summed E-state index contributed by atoms with van der Waals surface area (Å²) >= 11 is 14.9. The molecule has 0 bridgehead atoms. The minimum Gasteiger partial charge on any atom is -0.374 e. The Labute approximate surface area is 139 Å². The number of halogens is 4. The second-order valence-corrected chi connectivity index (χ2v) is 5.85. The van der Waals surface area contributed by atoms with E-state index < -0.39 is 5.82 Å². The summed E-state index contributed by atoms with van der Waals surface area (Å²) in [5.74, 6) is -0.731. The standard InChI is InChI=1S/C14H10BrCl2FN2O/c15-11-5-9(18)6-12(17)14(11)19-7-13(21)20-10-3-1-2-8(16)4-10/h1-6,19H,7H2,(H,20,21). The number of hydrogen-bond donors (Lipinski definition) is 2. The molecule has 2 N–H and O–H groups in total. The quantitative estimate of drug-likeness (QED) is 0.774. The van der Waals surface area contributed by atoms with E-state index in [0.29, 0.717) is 20.9 Å². The predicted octanol–water partition coefficient (Wildman–Crippen LogP) is 4.95. The summed E-state index contributed by atoms with van der Waals surface area (Å²) < 4.78 is 13.5. The van der Waals surface area contributed by atoms with Crippen molar-refractivity contribution in [3.63, 3.8) is 0 Å². The number of hydrogen-bond acceptors (Lipinski definition) is 2. The van der Waals surface area contributed by atoms with E-state index in [4.69, 9.17) is 23.2 Å². The molecule has 0 atom stereocenters. The Morgan fingerprint density at radius 1 is 1.24 bits per heavy atom. The highest BCUT2D eigenvalue weighted by Crippen LogP contribution is 2.31. The lowest BCUT2D eigenvalue weighted by atomic mass is 10.3. The number of anilines is 2. The molecule has 0 heterocycles. The molecule has 3 nitrogen and oxygen atoms in total. The molecule has 2 aromatic rings. The van der Waals surface area contributed by atoms with E-state index >= 15 is 0 Å². The fourth-order valence-corrected chi connectivity index (χ4v) is 2.80. The third-order valence-electron chi connectivity index (χ3n) is 2.54. The summed E-state index contributed by atoms with van der Waals surface area (Å²) in [6.07, 6.45) is 0. The lowest BCUT2D eigenvalue weighted by Gasteiger charge is -2.11. The van der Waals surface area contributed by atoms with Crippen LogP contribution >= 0.6 is 39.1 Å². The Bertz CT molecular complexity index is 659. The van der Waals surface area contributed by atoms with Crippen molar-refractivity contribution >= 4 is 56.4 Å². The van der Waals surface area contributed by atoms with E-state index in [1.54, 1.807) is 24.3 Å². The summed E-state index contributed by atoms with van der Waals surface area (Å²) in [4.78, 5) is 11.8. The molecule has 0 fully saturated rings. The first-order valence-corrected chi connectivity index (χ1v) is 7.44. The van der Waals surface area contributed by atoms with Crippen molar-refractivity contribution in [2.75, 3.05) is 17.2 Å². The Morgan fingerprint density at radius 2 is 2.00 bits per heavy atom. The van der Waals surface area contributed by atoms with Gasteiger partial charge >= 0.3 is 0 Å². The van der Waals surface area contributed by atoms with Crippen molar-refractivity contribution in [1.29, 1.82) is 0 Å². The first-order chi connectivity index (χ1) is 9.95. The molecule has 110 valence electrons. The van der Waals surface area contributed by atoms with Gasteiger partial charge in [0, 0.05) is 15.2 Å². The third kappa shape index (κ3) is 4.59. The highest BCUT2D eigenvalue weighted by molar-refractivity contribution is 9.10. The van der Waals surface area contributed by atoms with Crippen LogP contribution in [0.2, 0.25) is 10.0 Å². The van der Waals surface area contributed by atoms with Gasteiger partial charge in [-0.2, -0.15) is 0 Å². The van der Waals surface area contributed by atoms with Crippen LogP contribution in [0.25, 0.3) is 0 Å². The third-order valence-corrected chi connectivity index (χ3v) is 3.70. The predicted molar refractivity (Wildman–Crippen MR) is 87.7 cm³/mol. The van der Waals surface area contributed by atoms with Crippen molar-refractivity contribution in [2.45, 2.75) is 0 Å². The Morgan fingerprint density at radius 3 is 2.67 bits per heavy atom. The van der Waals surface area contributed by atoms with Crippen molar-refractivity contribution in [1.82, 2.24) is 0 Å². The van der Waals surface area contributed by atoms with E-state index in [-0.39, 0.29) is 17.5 Å². The van der Waals surface area contributed by atoms with Gasteiger partial charge in [-0.3, -0.25) is 4.79 Å². The highest BCUT2D eigenvalue weighted by Gasteiger charge is 2.10. The monoisotopic (exact) mass is 390 g/mol. The summed E-state index contributed by atoms with van der Waals surface area (Å²) in [6, 6.07) is 9.25. The maximum Gasteiger partial charge on any atom is 0.243 e. The van der Waals surface area contributed by atoms with Gasteiger partial charge in [0.15, 0.2) is 0 Å². The fourth-order valence-electron chi connectivity index (χ4n) is 1.65. The van der Waals surface area contributed by atoms with Crippen LogP contribution in [0.1, 0.15) is 0 Å². The van der Waals surface area contributed by atoms with Crippen LogP contribution in [0.4, 0.5) is 15.8 Å². The minimum atomic E-state index is -0.458. The smallest absolute Gasteiger partial charge is 0.243 e. The first kappa shape index (κ1) is 16.1. The van der Waals surface area contributed by atoms with Crippen molar-refractivity contribution in [3.8, 4) is 0 Å². The zero-order valence-electron chi connectivity index (χ0n) is 10.6. The van der Waals surface area contributed by atoms with Crippen LogP contribution in [0, 0.1) is 5.82 Å². The highest BCUT2D eigenvalue weighted by atomic mass is 79.9. The Kier molecular flexibility index (Phi) is 5.45. The number of nitrogens with one attached hydrogen (secondary N) is 2. The van der Waals surface area contributed by atoms with E-state index in [2.05, 4.69) is 26.6 Å². The first-order valence-electron chi connectivity index (χ1n) is 5.89. The molecule has 0 aliphatic rings. The largest absolute Gasteiger partial charge is 0.374 e. The van der Waals surface area contributed by atoms with Crippen LogP contribution in [0.5, 0.6) is 0 Å². The number of benzene rings is 2. The van der Waals surface area contributed by atoms with Crippen LogP contribution in [0.3, 0.4) is 0 Å². The fraction of sp³-hybridized carbons (Fsp3) is 0.0714. The van der Waals surface area contributed by atoms with Crippen LogP contribution in [-0.2, 0) is 4.79 Å². The second kappa shape index (κ2) is 7.11. The molecular formula is C14H10BrCl2FN2O. The van der Waals surface area contributed by atoms with E-state index in [1.165, 1.54) is 12.1 Å². The molecule has 0 aromatic heterocycles. The van der Waals surface area contributed by atoms with Gasteiger partial charge in [0.25, 0.3) is 0 Å². The molecular weight excluding hydrogens is 382 g/mol. The van der Waals surface area contributed by atoms with Gasteiger partial charge < -0.3 is 10.6 Å². The zero-order valence-corrected chi connectivity index (χ0v) is 13.7. The van der Waals surface area contributed by atoms with E-state index in [0.717, 1.165) is 0 Å². The average Bonchev–Trinajstić information content (AvgIpc) is 2.37. The maximum atomic E-state index is 13.1. The van der Waals surface area contributed by atoms with Crippen molar-refractivity contribution in [3.05, 3.63) is 56.7 Å². The molecule has 21 heavy (non-hydrogen) atoms. The molecule has 7 heteroatoms. The lowest BCUT2D eigenvalue weighted by Crippen LogP contribution is -2.22.